The summed E-state index contributed by atoms with van der Waals surface area (Å²) in [6.45, 7) is 0.0522. The molecule has 0 spiro atoms. The van der Waals surface area contributed by atoms with Crippen molar-refractivity contribution < 1.29 is 173 Å². The average Bonchev–Trinajstić information content (AvgIpc) is 3.08. The Labute approximate surface area is 354 Å². The van der Waals surface area contributed by atoms with E-state index < -0.39 is 160 Å². The Morgan fingerprint density at radius 3 is 1.42 bits per heavy atom. The molecule has 4 aliphatic heterocycles. The molecule has 4 heterocycles. The number of ether oxygens (including phenoxy) is 7. The number of amides is 2. The van der Waals surface area contributed by atoms with Gasteiger partial charge in [-0.1, -0.05) is 0 Å². The molecule has 304 valence electrons. The van der Waals surface area contributed by atoms with E-state index in [-0.39, 0.29) is 59.1 Å². The summed E-state index contributed by atoms with van der Waals surface area (Å²) < 4.78 is 37.7. The summed E-state index contributed by atoms with van der Waals surface area (Å²) in [6, 6.07) is -3.43. The van der Waals surface area contributed by atoms with Gasteiger partial charge in [-0.15, -0.1) is 0 Å². The molecule has 20 atom stereocenters. The zero-order chi connectivity index (χ0) is 39.6. The third-order valence-corrected chi connectivity index (χ3v) is 8.92. The topological polar surface area (TPSA) is 405 Å². The second kappa shape index (κ2) is 21.5. The predicted molar refractivity (Wildman–Crippen MR) is 153 cm³/mol. The van der Waals surface area contributed by atoms with Crippen LogP contribution in [0, 0.1) is 0 Å². The molecule has 4 aliphatic rings. The molecule has 27 heteroatoms. The number of carbonyl (C=O) groups is 4. The van der Waals surface area contributed by atoms with Gasteiger partial charge in [-0.05, 0) is 0 Å². The van der Waals surface area contributed by atoms with Gasteiger partial charge in [-0.3, -0.25) is 9.59 Å². The van der Waals surface area contributed by atoms with Crippen LogP contribution >= 0.6 is 0 Å². The van der Waals surface area contributed by atoms with E-state index in [2.05, 4.69) is 10.6 Å². The first kappa shape index (κ1) is 50.3. The zero-order valence-corrected chi connectivity index (χ0v) is 33.7. The number of nitrogens with one attached hydrogen (secondary N) is 2. The third kappa shape index (κ3) is 11.3. The van der Waals surface area contributed by atoms with Gasteiger partial charge < -0.3 is 115 Å². The summed E-state index contributed by atoms with van der Waals surface area (Å²) >= 11 is 0. The van der Waals surface area contributed by atoms with Crippen LogP contribution < -0.4 is 80.0 Å². The van der Waals surface area contributed by atoms with Crippen LogP contribution in [0.1, 0.15) is 13.8 Å². The molecular formula is C28H42N2Na2O23. The Morgan fingerprint density at radius 2 is 0.945 bits per heavy atom. The monoisotopic (exact) mass is 820 g/mol. The summed E-state index contributed by atoms with van der Waals surface area (Å²) in [6.07, 6.45) is -37.4. The summed E-state index contributed by atoms with van der Waals surface area (Å²) in [7, 11) is 0. The molecular weight excluding hydrogens is 778 g/mol. The van der Waals surface area contributed by atoms with Gasteiger partial charge in [0.15, 0.2) is 25.2 Å². The quantitative estimate of drug-likeness (QED) is 0.0813. The predicted octanol–water partition coefficient (Wildman–Crippen LogP) is -17.9. The molecule has 12 N–H and O–H groups in total. The Kier molecular flexibility index (Phi) is 19.6. The van der Waals surface area contributed by atoms with Crippen molar-refractivity contribution in [3.8, 4) is 0 Å². The van der Waals surface area contributed by atoms with Crippen LogP contribution in [0.2, 0.25) is 0 Å². The van der Waals surface area contributed by atoms with Crippen molar-refractivity contribution in [1.82, 2.24) is 10.6 Å². The van der Waals surface area contributed by atoms with E-state index in [1.54, 1.807) is 0 Å². The molecule has 0 aromatic carbocycles. The van der Waals surface area contributed by atoms with Crippen LogP contribution in [0.25, 0.3) is 0 Å². The first-order valence-electron chi connectivity index (χ1n) is 16.0. The molecule has 4 fully saturated rings. The van der Waals surface area contributed by atoms with Crippen molar-refractivity contribution in [2.75, 3.05) is 13.2 Å². The number of rotatable bonds is 12. The first-order valence-corrected chi connectivity index (χ1v) is 16.0. The number of aliphatic carboxylic acids is 2. The van der Waals surface area contributed by atoms with E-state index in [1.165, 1.54) is 0 Å². The molecule has 0 aromatic heterocycles. The van der Waals surface area contributed by atoms with Gasteiger partial charge in [0.05, 0.1) is 25.2 Å². The largest absolute Gasteiger partial charge is 1.00 e. The van der Waals surface area contributed by atoms with E-state index in [0.717, 1.165) is 13.8 Å². The van der Waals surface area contributed by atoms with Crippen molar-refractivity contribution in [2.24, 2.45) is 0 Å². The SMILES string of the molecule is CC(=O)NC1[C@H](O[C@@H]2C(C(=O)[O-])O[C@@H](O[C@@H]3C(NC(C)=O)[C@H](O)OC(CO)[C@H]3O)C(O)[C@H]2O)OC(CO)[C@@H](O)[C@@H]1O[C@@H]1OC(C(=O)[O-])[C@@H](O)[C@H](O)C1O.[Na+].[Na+]. The van der Waals surface area contributed by atoms with Crippen LogP contribution in [-0.2, 0) is 52.3 Å². The van der Waals surface area contributed by atoms with E-state index in [0.29, 0.717) is 0 Å². The average molecular weight is 821 g/mol. The van der Waals surface area contributed by atoms with Gasteiger partial charge in [-0.25, -0.2) is 0 Å². The minimum Gasteiger partial charge on any atom is -0.547 e. The maximum atomic E-state index is 12.3. The minimum atomic E-state index is -2.42. The smallest absolute Gasteiger partial charge is 0.547 e. The fraction of sp³-hybridized carbons (Fsp3) is 0.857. The molecule has 0 bridgehead atoms. The van der Waals surface area contributed by atoms with Crippen molar-refractivity contribution in [1.29, 1.82) is 0 Å². The number of hydrogen-bond donors (Lipinski definition) is 12. The molecule has 8 unspecified atom stereocenters. The zero-order valence-electron chi connectivity index (χ0n) is 29.7. The number of aliphatic hydroxyl groups excluding tert-OH is 10. The number of hydrogen-bond acceptors (Lipinski definition) is 23. The molecule has 4 saturated heterocycles. The summed E-state index contributed by atoms with van der Waals surface area (Å²) in [4.78, 5) is 47.9. The van der Waals surface area contributed by atoms with Gasteiger partial charge in [-0.2, -0.15) is 0 Å². The molecule has 0 aromatic rings. The van der Waals surface area contributed by atoms with Crippen LogP contribution in [-0.4, -0.2) is 211 Å². The first-order chi connectivity index (χ1) is 24.8. The second-order valence-corrected chi connectivity index (χ2v) is 12.7. The van der Waals surface area contributed by atoms with Gasteiger partial charge in [0.1, 0.15) is 97.5 Å². The van der Waals surface area contributed by atoms with E-state index in [1.807, 2.05) is 0 Å². The van der Waals surface area contributed by atoms with Gasteiger partial charge in [0.2, 0.25) is 11.8 Å². The third-order valence-electron chi connectivity index (χ3n) is 8.92. The van der Waals surface area contributed by atoms with Crippen LogP contribution in [0.15, 0.2) is 0 Å². The molecule has 0 saturated carbocycles. The fourth-order valence-corrected chi connectivity index (χ4v) is 6.28. The minimum absolute atomic E-state index is 0. The Hall–Kier alpha value is -0.800. The van der Waals surface area contributed by atoms with Gasteiger partial charge in [0.25, 0.3) is 0 Å². The van der Waals surface area contributed by atoms with Gasteiger partial charge in [0, 0.05) is 13.8 Å². The van der Waals surface area contributed by atoms with Crippen molar-refractivity contribution in [3.05, 3.63) is 0 Å². The van der Waals surface area contributed by atoms with E-state index in [4.69, 9.17) is 33.2 Å². The van der Waals surface area contributed by atoms with Crippen LogP contribution in [0.3, 0.4) is 0 Å². The fourth-order valence-electron chi connectivity index (χ4n) is 6.28. The second-order valence-electron chi connectivity index (χ2n) is 12.7. The summed E-state index contributed by atoms with van der Waals surface area (Å²) in [5.74, 6) is -5.83. The molecule has 0 radical (unpaired) electrons. The maximum absolute atomic E-state index is 12.3. The van der Waals surface area contributed by atoms with Crippen molar-refractivity contribution in [2.45, 2.75) is 137 Å². The molecule has 25 nitrogen and oxygen atoms in total. The van der Waals surface area contributed by atoms with Crippen molar-refractivity contribution >= 4 is 23.8 Å². The molecule has 2 amide bonds. The normalized spacial score (nSPS) is 44.6. The summed E-state index contributed by atoms with van der Waals surface area (Å²) in [5.41, 5.74) is 0. The maximum Gasteiger partial charge on any atom is 1.00 e. The molecule has 55 heavy (non-hydrogen) atoms. The number of carboxylic acids is 2. The summed E-state index contributed by atoms with van der Waals surface area (Å²) in [5, 5.41) is 133. The Bertz CT molecular complexity index is 1310. The van der Waals surface area contributed by atoms with Crippen LogP contribution in [0.5, 0.6) is 0 Å². The molecule has 0 aliphatic carbocycles. The standard InChI is InChI=1S/C28H44N2O23.2Na/c1-5(33)29-9-18(11(35)7(3-31)47-25(9)46)49-28-17(41)15(39)20(22(53-28)24(44)45)51-26-10(30-6(2)34)19(12(36)8(4-32)48-26)50-27-16(40)13(37)14(38)21(52-27)23(42)43;;/h7-22,25-28,31-32,35-41,46H,3-4H2,1-2H3,(H,29,33)(H,30,34)(H,42,43)(H,44,45);;/q;2*+1/p-2/t7?,8?,9?,10?,11-,12-,13+,14+,15-,16?,17?,18-,19-,20+,21?,22?,25-,26+,27-,28-;;/m1../s1. The molecule has 4 rings (SSSR count). The van der Waals surface area contributed by atoms with E-state index >= 15 is 0 Å². The van der Waals surface area contributed by atoms with E-state index in [9.17, 15) is 80.5 Å². The Morgan fingerprint density at radius 1 is 0.527 bits per heavy atom. The number of aliphatic hydroxyl groups is 10. The van der Waals surface area contributed by atoms with Crippen LogP contribution in [0.4, 0.5) is 0 Å². The Balaban J connectivity index is 0.00000523. The van der Waals surface area contributed by atoms with Crippen molar-refractivity contribution in [3.63, 3.8) is 0 Å². The number of carbonyl (C=O) groups excluding carboxylic acids is 4. The van der Waals surface area contributed by atoms with Gasteiger partial charge >= 0.3 is 59.1 Å². The number of carboxylic acid groups (broad SMARTS) is 2.